The van der Waals surface area contributed by atoms with E-state index in [4.69, 9.17) is 0 Å². The highest BCUT2D eigenvalue weighted by Gasteiger charge is 2.22. The zero-order valence-corrected chi connectivity index (χ0v) is 13.9. The zero-order chi connectivity index (χ0) is 14.7. The van der Waals surface area contributed by atoms with Crippen LogP contribution in [-0.2, 0) is 21.3 Å². The van der Waals surface area contributed by atoms with Gasteiger partial charge in [0.2, 0.25) is 5.91 Å². The van der Waals surface area contributed by atoms with Gasteiger partial charge in [0, 0.05) is 22.7 Å². The minimum absolute atomic E-state index is 0.0680. The first-order valence-electron chi connectivity index (χ1n) is 6.80. The Morgan fingerprint density at radius 1 is 1.43 bits per heavy atom. The first-order chi connectivity index (χ1) is 10.2. The van der Waals surface area contributed by atoms with Crippen molar-refractivity contribution in [2.45, 2.75) is 18.6 Å². The van der Waals surface area contributed by atoms with E-state index in [1.165, 1.54) is 12.8 Å². The molecule has 112 valence electrons. The van der Waals surface area contributed by atoms with Crippen molar-refractivity contribution in [1.29, 1.82) is 0 Å². The second-order valence-corrected chi connectivity index (χ2v) is 8.36. The third-order valence-corrected chi connectivity index (χ3v) is 6.30. The molecule has 1 saturated carbocycles. The van der Waals surface area contributed by atoms with Gasteiger partial charge in [-0.2, -0.15) is 0 Å². The maximum absolute atomic E-state index is 12.0. The molecule has 1 aliphatic rings. The van der Waals surface area contributed by atoms with Crippen molar-refractivity contribution in [2.75, 3.05) is 12.3 Å². The minimum atomic E-state index is -1.19. The molecular weight excluding hydrogens is 324 g/mol. The van der Waals surface area contributed by atoms with Crippen LogP contribution in [0.3, 0.4) is 0 Å². The van der Waals surface area contributed by atoms with Crippen molar-refractivity contribution < 1.29 is 9.00 Å². The summed E-state index contributed by atoms with van der Waals surface area (Å²) in [5, 5.41) is 7.73. The van der Waals surface area contributed by atoms with Gasteiger partial charge in [0.25, 0.3) is 0 Å². The number of nitrogens with one attached hydrogen (secondary N) is 1. The molecule has 1 amide bonds. The molecule has 0 radical (unpaired) electrons. The topological polar surface area (TPSA) is 59.1 Å². The summed E-state index contributed by atoms with van der Waals surface area (Å²) in [6.07, 6.45) is 2.40. The third-order valence-electron chi connectivity index (χ3n) is 3.17. The molecule has 4 nitrogen and oxygen atoms in total. The van der Waals surface area contributed by atoms with E-state index >= 15 is 0 Å². The Balaban J connectivity index is 1.49. The summed E-state index contributed by atoms with van der Waals surface area (Å²) >= 11 is 3.20. The second-order valence-electron chi connectivity index (χ2n) is 5.10. The maximum Gasteiger partial charge on any atom is 0.232 e. The van der Waals surface area contributed by atoms with E-state index in [1.807, 2.05) is 22.9 Å². The molecule has 1 unspecified atom stereocenters. The Bertz CT molecular complexity index is 632. The molecule has 7 heteroatoms. The number of thiophene rings is 1. The molecule has 1 fully saturated rings. The zero-order valence-electron chi connectivity index (χ0n) is 11.4. The summed E-state index contributed by atoms with van der Waals surface area (Å²) in [7, 11) is -1.19. The van der Waals surface area contributed by atoms with Crippen molar-refractivity contribution in [3.8, 4) is 9.88 Å². The predicted octanol–water partition coefficient (Wildman–Crippen LogP) is 2.65. The van der Waals surface area contributed by atoms with Crippen LogP contribution >= 0.6 is 22.7 Å². The molecule has 2 heterocycles. The molecule has 1 aliphatic carbocycles. The van der Waals surface area contributed by atoms with Gasteiger partial charge in [-0.25, -0.2) is 4.98 Å². The molecule has 1 N–H and O–H groups in total. The number of rotatable bonds is 7. The molecule has 21 heavy (non-hydrogen) atoms. The van der Waals surface area contributed by atoms with Gasteiger partial charge in [-0.15, -0.1) is 22.7 Å². The Morgan fingerprint density at radius 2 is 2.29 bits per heavy atom. The standard InChI is InChI=1S/C14H16N2O2S3/c17-13(15-6-10-3-4-10)9-21(18)8-11-7-20-14(16-11)12-2-1-5-19-12/h1-2,5,7,10H,3-4,6,8-9H2,(H,15,17). The lowest BCUT2D eigenvalue weighted by atomic mass is 10.4. The van der Waals surface area contributed by atoms with Gasteiger partial charge in [0.1, 0.15) is 10.8 Å². The average Bonchev–Trinajstić information content (AvgIpc) is 2.92. The predicted molar refractivity (Wildman–Crippen MR) is 87.9 cm³/mol. The van der Waals surface area contributed by atoms with Crippen LogP contribution in [0.2, 0.25) is 0 Å². The summed E-state index contributed by atoms with van der Waals surface area (Å²) < 4.78 is 12.0. The van der Waals surface area contributed by atoms with Crippen LogP contribution < -0.4 is 5.32 Å². The van der Waals surface area contributed by atoms with Crippen LogP contribution in [0.5, 0.6) is 0 Å². The lowest BCUT2D eigenvalue weighted by Gasteiger charge is -2.03. The summed E-state index contributed by atoms with van der Waals surface area (Å²) in [6, 6.07) is 4.01. The maximum atomic E-state index is 12.0. The van der Waals surface area contributed by atoms with Crippen LogP contribution in [0.25, 0.3) is 9.88 Å². The Hall–Kier alpha value is -1.05. The lowest BCUT2D eigenvalue weighted by Crippen LogP contribution is -2.30. The first-order valence-corrected chi connectivity index (χ1v) is 10.1. The summed E-state index contributed by atoms with van der Waals surface area (Å²) in [6.45, 7) is 0.731. The number of hydrogen-bond donors (Lipinski definition) is 1. The van der Waals surface area contributed by atoms with Crippen LogP contribution in [0.15, 0.2) is 22.9 Å². The van der Waals surface area contributed by atoms with Gasteiger partial charge >= 0.3 is 0 Å². The van der Waals surface area contributed by atoms with Gasteiger partial charge in [-0.3, -0.25) is 9.00 Å². The highest BCUT2D eigenvalue weighted by Crippen LogP contribution is 2.28. The molecule has 2 aromatic heterocycles. The number of aromatic nitrogens is 1. The van der Waals surface area contributed by atoms with Crippen molar-refractivity contribution in [3.05, 3.63) is 28.6 Å². The molecule has 0 aliphatic heterocycles. The fraction of sp³-hybridized carbons (Fsp3) is 0.429. The van der Waals surface area contributed by atoms with Crippen molar-refractivity contribution in [2.24, 2.45) is 5.92 Å². The summed E-state index contributed by atoms with van der Waals surface area (Å²) in [5.41, 5.74) is 0.803. The van der Waals surface area contributed by atoms with Crippen molar-refractivity contribution >= 4 is 39.4 Å². The van der Waals surface area contributed by atoms with Crippen LogP contribution in [0, 0.1) is 5.92 Å². The molecule has 0 aromatic carbocycles. The molecule has 1 atom stereocenters. The van der Waals surface area contributed by atoms with E-state index in [0.717, 1.165) is 22.1 Å². The molecular formula is C14H16N2O2S3. The number of thiazole rings is 1. The average molecular weight is 340 g/mol. The van der Waals surface area contributed by atoms with Gasteiger partial charge in [-0.05, 0) is 30.2 Å². The minimum Gasteiger partial charge on any atom is -0.355 e. The number of amides is 1. The normalized spacial score (nSPS) is 15.8. The molecule has 0 saturated heterocycles. The van der Waals surface area contributed by atoms with Crippen LogP contribution in [0.4, 0.5) is 0 Å². The molecule has 3 rings (SSSR count). The fourth-order valence-corrected chi connectivity index (χ4v) is 4.59. The Kier molecular flexibility index (Phi) is 4.82. The lowest BCUT2D eigenvalue weighted by molar-refractivity contribution is -0.118. The van der Waals surface area contributed by atoms with Gasteiger partial charge in [0.05, 0.1) is 16.3 Å². The first kappa shape index (κ1) is 14.9. The highest BCUT2D eigenvalue weighted by atomic mass is 32.2. The SMILES string of the molecule is O=C(CS(=O)Cc1csc(-c2cccs2)n1)NCC1CC1. The number of carbonyl (C=O) groups is 1. The van der Waals surface area contributed by atoms with Gasteiger partial charge < -0.3 is 5.32 Å². The molecule has 0 spiro atoms. The van der Waals surface area contributed by atoms with E-state index in [0.29, 0.717) is 11.7 Å². The van der Waals surface area contributed by atoms with Gasteiger partial charge in [0.15, 0.2) is 0 Å². The van der Waals surface area contributed by atoms with Crippen molar-refractivity contribution in [1.82, 2.24) is 10.3 Å². The second kappa shape index (κ2) is 6.81. The number of carbonyl (C=O) groups excluding carboxylic acids is 1. The highest BCUT2D eigenvalue weighted by molar-refractivity contribution is 7.84. The van der Waals surface area contributed by atoms with E-state index in [-0.39, 0.29) is 11.7 Å². The Morgan fingerprint density at radius 3 is 3.00 bits per heavy atom. The third kappa shape index (κ3) is 4.46. The number of hydrogen-bond acceptors (Lipinski definition) is 5. The van der Waals surface area contributed by atoms with Crippen LogP contribution in [0.1, 0.15) is 18.5 Å². The largest absolute Gasteiger partial charge is 0.355 e. The van der Waals surface area contributed by atoms with Gasteiger partial charge in [-0.1, -0.05) is 6.07 Å². The van der Waals surface area contributed by atoms with E-state index in [9.17, 15) is 9.00 Å². The van der Waals surface area contributed by atoms with E-state index < -0.39 is 10.8 Å². The monoisotopic (exact) mass is 340 g/mol. The van der Waals surface area contributed by atoms with E-state index in [2.05, 4.69) is 10.3 Å². The van der Waals surface area contributed by atoms with Crippen molar-refractivity contribution in [3.63, 3.8) is 0 Å². The fourth-order valence-electron chi connectivity index (χ4n) is 1.88. The van der Waals surface area contributed by atoms with E-state index in [1.54, 1.807) is 22.7 Å². The Labute approximate surface area is 134 Å². The quantitative estimate of drug-likeness (QED) is 0.843. The smallest absolute Gasteiger partial charge is 0.232 e. The molecule has 0 bridgehead atoms. The molecule has 2 aromatic rings. The van der Waals surface area contributed by atoms with Crippen LogP contribution in [-0.4, -0.2) is 27.4 Å². The number of nitrogens with zero attached hydrogens (tertiary/aromatic N) is 1. The summed E-state index contributed by atoms with van der Waals surface area (Å²) in [5.74, 6) is 0.945. The summed E-state index contributed by atoms with van der Waals surface area (Å²) in [4.78, 5) is 17.3.